The van der Waals surface area contributed by atoms with Crippen molar-refractivity contribution in [2.75, 3.05) is 18.6 Å². The number of Topliss-reactive ketones (excluding diaryl/α,β-unsaturated/α-hetero) is 1. The lowest BCUT2D eigenvalue weighted by Crippen LogP contribution is -2.44. The topological polar surface area (TPSA) is 85.0 Å². The average molecular weight is 408 g/mol. The van der Waals surface area contributed by atoms with Gasteiger partial charge in [0.15, 0.2) is 18.0 Å². The zero-order chi connectivity index (χ0) is 20.4. The summed E-state index contributed by atoms with van der Waals surface area (Å²) in [5.41, 5.74) is 1.26. The van der Waals surface area contributed by atoms with E-state index in [4.69, 9.17) is 9.47 Å². The molecule has 2 rings (SSSR count). The molecule has 154 valence electrons. The molecule has 0 aromatic heterocycles. The minimum atomic E-state index is -0.846. The van der Waals surface area contributed by atoms with E-state index in [2.05, 4.69) is 17.4 Å². The van der Waals surface area contributed by atoms with E-state index in [1.807, 2.05) is 24.5 Å². The molecule has 7 heteroatoms. The summed E-state index contributed by atoms with van der Waals surface area (Å²) in [6.07, 6.45) is 3.92. The van der Waals surface area contributed by atoms with E-state index < -0.39 is 30.1 Å². The van der Waals surface area contributed by atoms with Crippen molar-refractivity contribution in [3.8, 4) is 0 Å². The molecule has 1 aromatic carbocycles. The monoisotopic (exact) mass is 407 g/mol. The lowest BCUT2D eigenvalue weighted by Gasteiger charge is -2.17. The van der Waals surface area contributed by atoms with Crippen LogP contribution in [0, 0.1) is 0 Å². The number of nitrogens with one attached hydrogen (secondary N) is 1. The summed E-state index contributed by atoms with van der Waals surface area (Å²) in [4.78, 5) is 36.5. The molecule has 1 aliphatic heterocycles. The van der Waals surface area contributed by atoms with Gasteiger partial charge in [-0.3, -0.25) is 9.59 Å². The van der Waals surface area contributed by atoms with Crippen LogP contribution in [-0.4, -0.2) is 54.5 Å². The molecule has 0 unspecified atom stereocenters. The SMILES string of the molecule is CCOC(=O)[C@H]1O[C@@H]1C(=O)N[C@@H](CCSC)C(=O)CCCCc1ccccc1. The van der Waals surface area contributed by atoms with Crippen LogP contribution in [0.25, 0.3) is 0 Å². The van der Waals surface area contributed by atoms with E-state index >= 15 is 0 Å². The van der Waals surface area contributed by atoms with E-state index in [-0.39, 0.29) is 12.4 Å². The highest BCUT2D eigenvalue weighted by molar-refractivity contribution is 7.98. The zero-order valence-electron chi connectivity index (χ0n) is 16.5. The molecule has 0 spiro atoms. The third-order valence-electron chi connectivity index (χ3n) is 4.57. The zero-order valence-corrected chi connectivity index (χ0v) is 17.3. The number of thioether (sulfide) groups is 1. The fourth-order valence-corrected chi connectivity index (χ4v) is 3.44. The Balaban J connectivity index is 1.77. The van der Waals surface area contributed by atoms with Gasteiger partial charge in [-0.25, -0.2) is 4.79 Å². The number of hydrogen-bond acceptors (Lipinski definition) is 6. The summed E-state index contributed by atoms with van der Waals surface area (Å²) in [5.74, 6) is -0.144. The molecule has 0 bridgehead atoms. The van der Waals surface area contributed by atoms with E-state index in [0.29, 0.717) is 12.8 Å². The van der Waals surface area contributed by atoms with Crippen molar-refractivity contribution in [2.45, 2.75) is 57.3 Å². The van der Waals surface area contributed by atoms with Crippen LogP contribution in [0.3, 0.4) is 0 Å². The summed E-state index contributed by atoms with van der Waals surface area (Å²) >= 11 is 1.63. The van der Waals surface area contributed by atoms with Crippen LogP contribution in [0.5, 0.6) is 0 Å². The Labute approximate surface area is 170 Å². The second kappa shape index (κ2) is 11.9. The first-order valence-corrected chi connectivity index (χ1v) is 11.1. The van der Waals surface area contributed by atoms with Gasteiger partial charge >= 0.3 is 5.97 Å². The quantitative estimate of drug-likeness (QED) is 0.307. The largest absolute Gasteiger partial charge is 0.464 e. The van der Waals surface area contributed by atoms with Gasteiger partial charge in [-0.15, -0.1) is 0 Å². The molecule has 1 saturated heterocycles. The lowest BCUT2D eigenvalue weighted by atomic mass is 10.0. The predicted molar refractivity (Wildman–Crippen MR) is 109 cm³/mol. The molecule has 3 atom stereocenters. The number of hydrogen-bond donors (Lipinski definition) is 1. The minimum Gasteiger partial charge on any atom is -0.464 e. The molecule has 1 aliphatic rings. The lowest BCUT2D eigenvalue weighted by molar-refractivity contribution is -0.144. The first-order chi connectivity index (χ1) is 13.6. The van der Waals surface area contributed by atoms with Crippen molar-refractivity contribution in [3.63, 3.8) is 0 Å². The van der Waals surface area contributed by atoms with Crippen LogP contribution in [0.15, 0.2) is 30.3 Å². The summed E-state index contributed by atoms with van der Waals surface area (Å²) in [6, 6.07) is 9.64. The van der Waals surface area contributed by atoms with E-state index in [0.717, 1.165) is 25.0 Å². The van der Waals surface area contributed by atoms with Gasteiger partial charge in [-0.1, -0.05) is 30.3 Å². The van der Waals surface area contributed by atoms with E-state index in [1.165, 1.54) is 5.56 Å². The van der Waals surface area contributed by atoms with Gasteiger partial charge in [0.05, 0.1) is 12.6 Å². The summed E-state index contributed by atoms with van der Waals surface area (Å²) < 4.78 is 9.97. The van der Waals surface area contributed by atoms with Crippen LogP contribution in [-0.2, 0) is 30.3 Å². The number of carbonyl (C=O) groups excluding carboxylic acids is 3. The first-order valence-electron chi connectivity index (χ1n) is 9.74. The number of rotatable bonds is 13. The van der Waals surface area contributed by atoms with Crippen LogP contribution < -0.4 is 5.32 Å². The van der Waals surface area contributed by atoms with Gasteiger partial charge in [0.25, 0.3) is 5.91 Å². The number of ketones is 1. The van der Waals surface area contributed by atoms with Crippen LogP contribution in [0.2, 0.25) is 0 Å². The van der Waals surface area contributed by atoms with Crippen LogP contribution in [0.1, 0.15) is 38.2 Å². The van der Waals surface area contributed by atoms with Crippen molar-refractivity contribution in [1.82, 2.24) is 5.32 Å². The molecule has 0 saturated carbocycles. The highest BCUT2D eigenvalue weighted by Crippen LogP contribution is 2.24. The Morgan fingerprint density at radius 1 is 1.18 bits per heavy atom. The van der Waals surface area contributed by atoms with Crippen LogP contribution in [0.4, 0.5) is 0 Å². The molecule has 6 nitrogen and oxygen atoms in total. The Kier molecular flexibility index (Phi) is 9.50. The molecule has 1 aromatic rings. The normalized spacial score (nSPS) is 18.9. The fraction of sp³-hybridized carbons (Fsp3) is 0.571. The van der Waals surface area contributed by atoms with Gasteiger partial charge in [-0.2, -0.15) is 11.8 Å². The molecule has 1 fully saturated rings. The van der Waals surface area contributed by atoms with Gasteiger partial charge in [0, 0.05) is 6.42 Å². The number of ether oxygens (including phenoxy) is 2. The Hall–Kier alpha value is -1.86. The van der Waals surface area contributed by atoms with Gasteiger partial charge in [0.1, 0.15) is 0 Å². The number of carbonyl (C=O) groups is 3. The van der Waals surface area contributed by atoms with Gasteiger partial charge in [0.2, 0.25) is 0 Å². The second-order valence-electron chi connectivity index (χ2n) is 6.73. The third-order valence-corrected chi connectivity index (χ3v) is 5.21. The Morgan fingerprint density at radius 3 is 2.61 bits per heavy atom. The van der Waals surface area contributed by atoms with Crippen molar-refractivity contribution >= 4 is 29.4 Å². The van der Waals surface area contributed by atoms with Crippen molar-refractivity contribution < 1.29 is 23.9 Å². The maximum atomic E-state index is 12.6. The van der Waals surface area contributed by atoms with Crippen LogP contribution >= 0.6 is 11.8 Å². The molecular formula is C21H29NO5S. The van der Waals surface area contributed by atoms with E-state index in [1.54, 1.807) is 18.7 Å². The van der Waals surface area contributed by atoms with Gasteiger partial charge < -0.3 is 14.8 Å². The number of aryl methyl sites for hydroxylation is 1. The molecule has 1 N–H and O–H groups in total. The molecule has 1 heterocycles. The summed E-state index contributed by atoms with van der Waals surface area (Å²) in [6.45, 7) is 1.94. The maximum absolute atomic E-state index is 12.6. The average Bonchev–Trinajstić information content (AvgIpc) is 3.50. The van der Waals surface area contributed by atoms with Crippen molar-refractivity contribution in [1.29, 1.82) is 0 Å². The van der Waals surface area contributed by atoms with E-state index in [9.17, 15) is 14.4 Å². The summed E-state index contributed by atoms with van der Waals surface area (Å²) in [5, 5.41) is 2.76. The second-order valence-corrected chi connectivity index (χ2v) is 7.72. The molecule has 28 heavy (non-hydrogen) atoms. The molecule has 1 amide bonds. The Morgan fingerprint density at radius 2 is 1.93 bits per heavy atom. The number of unbranched alkanes of at least 4 members (excludes halogenated alkanes) is 1. The number of epoxide rings is 1. The fourth-order valence-electron chi connectivity index (χ4n) is 2.97. The third kappa shape index (κ3) is 7.28. The standard InChI is InChI=1S/C21H29NO5S/c1-3-26-21(25)19-18(27-19)20(24)22-16(13-14-28-2)17(23)12-8-7-11-15-9-5-4-6-10-15/h4-6,9-10,16,18-19H,3,7-8,11-14H2,1-2H3,(H,22,24)/t16-,18-,19-/m0/s1. The highest BCUT2D eigenvalue weighted by Gasteiger charge is 2.52. The number of benzene rings is 1. The molecule has 0 radical (unpaired) electrons. The minimum absolute atomic E-state index is 0.0313. The van der Waals surface area contributed by atoms with Gasteiger partial charge in [-0.05, 0) is 50.2 Å². The van der Waals surface area contributed by atoms with Crippen molar-refractivity contribution in [3.05, 3.63) is 35.9 Å². The maximum Gasteiger partial charge on any atom is 0.338 e. The predicted octanol–water partition coefficient (Wildman–Crippen LogP) is 2.54. The highest BCUT2D eigenvalue weighted by atomic mass is 32.2. The Bertz CT molecular complexity index is 651. The summed E-state index contributed by atoms with van der Waals surface area (Å²) in [7, 11) is 0. The van der Waals surface area contributed by atoms with Crippen molar-refractivity contribution in [2.24, 2.45) is 0 Å². The number of amides is 1. The molecule has 0 aliphatic carbocycles. The number of esters is 1. The first kappa shape index (κ1) is 22.4. The smallest absolute Gasteiger partial charge is 0.338 e. The molecular weight excluding hydrogens is 378 g/mol.